The second-order valence-electron chi connectivity index (χ2n) is 5.47. The van der Waals surface area contributed by atoms with Gasteiger partial charge in [-0.1, -0.05) is 17.7 Å². The molecule has 0 spiro atoms. The maximum absolute atomic E-state index is 13.0. The average molecular weight is 286 g/mol. The zero-order valence-electron chi connectivity index (χ0n) is 11.2. The molecular formula is C15H21ClFNO. The van der Waals surface area contributed by atoms with E-state index < -0.39 is 0 Å². The lowest BCUT2D eigenvalue weighted by atomic mass is 9.87. The Morgan fingerprint density at radius 1 is 1.37 bits per heavy atom. The van der Waals surface area contributed by atoms with E-state index in [4.69, 9.17) is 11.6 Å². The van der Waals surface area contributed by atoms with Gasteiger partial charge in [-0.2, -0.15) is 0 Å². The van der Waals surface area contributed by atoms with Gasteiger partial charge in [-0.15, -0.1) is 0 Å². The van der Waals surface area contributed by atoms with Crippen LogP contribution in [0.3, 0.4) is 0 Å². The Morgan fingerprint density at radius 2 is 2.05 bits per heavy atom. The molecule has 106 valence electrons. The van der Waals surface area contributed by atoms with Crippen molar-refractivity contribution in [2.24, 2.45) is 5.92 Å². The van der Waals surface area contributed by atoms with Crippen LogP contribution in [0.1, 0.15) is 44.2 Å². The first kappa shape index (κ1) is 14.8. The topological polar surface area (TPSA) is 32.3 Å². The number of nitrogens with one attached hydrogen (secondary N) is 1. The molecule has 0 saturated heterocycles. The minimum Gasteiger partial charge on any atom is -0.393 e. The molecule has 0 heterocycles. The van der Waals surface area contributed by atoms with Gasteiger partial charge >= 0.3 is 0 Å². The summed E-state index contributed by atoms with van der Waals surface area (Å²) in [4.78, 5) is 0. The molecule has 1 atom stereocenters. The van der Waals surface area contributed by atoms with E-state index in [9.17, 15) is 9.50 Å². The molecule has 1 aliphatic carbocycles. The van der Waals surface area contributed by atoms with Crippen molar-refractivity contribution >= 4 is 11.6 Å². The minimum atomic E-state index is -0.304. The molecule has 4 heteroatoms. The normalized spacial score (nSPS) is 25.3. The van der Waals surface area contributed by atoms with Crippen molar-refractivity contribution in [3.63, 3.8) is 0 Å². The summed E-state index contributed by atoms with van der Waals surface area (Å²) in [5, 5.41) is 13.4. The Kier molecular flexibility index (Phi) is 5.20. The van der Waals surface area contributed by atoms with E-state index in [2.05, 4.69) is 5.32 Å². The monoisotopic (exact) mass is 285 g/mol. The van der Waals surface area contributed by atoms with E-state index in [1.165, 1.54) is 12.1 Å². The van der Waals surface area contributed by atoms with Gasteiger partial charge in [0.1, 0.15) is 5.82 Å². The predicted octanol–water partition coefficient (Wildman–Crippen LogP) is 3.68. The molecule has 1 saturated carbocycles. The first-order valence-electron chi connectivity index (χ1n) is 6.92. The van der Waals surface area contributed by atoms with Crippen LogP contribution in [0.2, 0.25) is 5.02 Å². The fourth-order valence-electron chi connectivity index (χ4n) is 2.66. The van der Waals surface area contributed by atoms with Gasteiger partial charge in [-0.3, -0.25) is 0 Å². The third-order valence-corrected chi connectivity index (χ3v) is 4.29. The van der Waals surface area contributed by atoms with Crippen molar-refractivity contribution in [1.82, 2.24) is 5.32 Å². The van der Waals surface area contributed by atoms with Crippen molar-refractivity contribution in [2.45, 2.75) is 44.8 Å². The van der Waals surface area contributed by atoms with E-state index in [1.54, 1.807) is 6.07 Å². The predicted molar refractivity (Wildman–Crippen MR) is 75.8 cm³/mol. The number of halogens is 2. The van der Waals surface area contributed by atoms with Gasteiger partial charge in [-0.25, -0.2) is 4.39 Å². The zero-order valence-corrected chi connectivity index (χ0v) is 12.0. The first-order chi connectivity index (χ1) is 9.06. The molecule has 1 aromatic carbocycles. The standard InChI is InChI=1S/C15H21ClFNO/c1-10(14-7-4-12(17)8-15(14)16)18-9-11-2-5-13(19)6-3-11/h4,7-8,10-11,13,18-19H,2-3,5-6,9H2,1H3. The van der Waals surface area contributed by atoms with Crippen molar-refractivity contribution in [2.75, 3.05) is 6.54 Å². The molecule has 0 aliphatic heterocycles. The summed E-state index contributed by atoms with van der Waals surface area (Å²) < 4.78 is 13.0. The summed E-state index contributed by atoms with van der Waals surface area (Å²) in [6.07, 6.45) is 3.83. The van der Waals surface area contributed by atoms with Crippen LogP contribution in [0.4, 0.5) is 4.39 Å². The lowest BCUT2D eigenvalue weighted by molar-refractivity contribution is 0.108. The Balaban J connectivity index is 1.85. The second-order valence-corrected chi connectivity index (χ2v) is 5.88. The number of benzene rings is 1. The second kappa shape index (κ2) is 6.69. The summed E-state index contributed by atoms with van der Waals surface area (Å²) >= 11 is 6.05. The van der Waals surface area contributed by atoms with E-state index in [0.29, 0.717) is 10.9 Å². The van der Waals surface area contributed by atoms with Gasteiger partial charge in [0.05, 0.1) is 6.10 Å². The molecule has 0 radical (unpaired) electrons. The number of aliphatic hydroxyl groups excluding tert-OH is 1. The van der Waals surface area contributed by atoms with Crippen LogP contribution in [-0.4, -0.2) is 17.8 Å². The highest BCUT2D eigenvalue weighted by Gasteiger charge is 2.20. The Bertz CT molecular complexity index is 419. The van der Waals surface area contributed by atoms with Crippen molar-refractivity contribution in [3.8, 4) is 0 Å². The summed E-state index contributed by atoms with van der Waals surface area (Å²) in [5.41, 5.74) is 0.930. The molecule has 1 aromatic rings. The van der Waals surface area contributed by atoms with Crippen LogP contribution < -0.4 is 5.32 Å². The SMILES string of the molecule is CC(NCC1CCC(O)CC1)c1ccc(F)cc1Cl. The number of rotatable bonds is 4. The van der Waals surface area contributed by atoms with Crippen molar-refractivity contribution < 1.29 is 9.50 Å². The lowest BCUT2D eigenvalue weighted by Crippen LogP contribution is -2.29. The summed E-state index contributed by atoms with van der Waals surface area (Å²) in [5.74, 6) is 0.312. The average Bonchev–Trinajstić information content (AvgIpc) is 2.37. The highest BCUT2D eigenvalue weighted by Crippen LogP contribution is 2.26. The molecule has 2 nitrogen and oxygen atoms in total. The minimum absolute atomic E-state index is 0.111. The molecule has 19 heavy (non-hydrogen) atoms. The van der Waals surface area contributed by atoms with Crippen LogP contribution >= 0.6 is 11.6 Å². The van der Waals surface area contributed by atoms with Gasteiger partial charge in [0, 0.05) is 11.1 Å². The molecule has 0 bridgehead atoms. The smallest absolute Gasteiger partial charge is 0.124 e. The molecule has 1 aliphatic rings. The molecule has 1 fully saturated rings. The Morgan fingerprint density at radius 3 is 2.68 bits per heavy atom. The molecule has 2 rings (SSSR count). The summed E-state index contributed by atoms with van der Waals surface area (Å²) in [7, 11) is 0. The lowest BCUT2D eigenvalue weighted by Gasteiger charge is -2.27. The molecule has 0 amide bonds. The number of aliphatic hydroxyl groups is 1. The Hall–Kier alpha value is -0.640. The fraction of sp³-hybridized carbons (Fsp3) is 0.600. The molecule has 2 N–H and O–H groups in total. The highest BCUT2D eigenvalue weighted by molar-refractivity contribution is 6.31. The van der Waals surface area contributed by atoms with Gasteiger partial charge in [0.25, 0.3) is 0 Å². The van der Waals surface area contributed by atoms with Crippen molar-refractivity contribution in [1.29, 1.82) is 0 Å². The van der Waals surface area contributed by atoms with Gasteiger partial charge in [-0.05, 0) is 62.8 Å². The van der Waals surface area contributed by atoms with Crippen LogP contribution in [0, 0.1) is 11.7 Å². The largest absolute Gasteiger partial charge is 0.393 e. The first-order valence-corrected chi connectivity index (χ1v) is 7.30. The summed E-state index contributed by atoms with van der Waals surface area (Å²) in [6.45, 7) is 2.96. The van der Waals surface area contributed by atoms with Gasteiger partial charge in [0.15, 0.2) is 0 Å². The molecule has 0 aromatic heterocycles. The van der Waals surface area contributed by atoms with Gasteiger partial charge in [0.2, 0.25) is 0 Å². The highest BCUT2D eigenvalue weighted by atomic mass is 35.5. The van der Waals surface area contributed by atoms with Crippen LogP contribution in [0.25, 0.3) is 0 Å². The molecular weight excluding hydrogens is 265 g/mol. The van der Waals surface area contributed by atoms with Gasteiger partial charge < -0.3 is 10.4 Å². The third kappa shape index (κ3) is 4.16. The fourth-order valence-corrected chi connectivity index (χ4v) is 2.99. The maximum Gasteiger partial charge on any atom is 0.124 e. The Labute approximate surface area is 119 Å². The van der Waals surface area contributed by atoms with Crippen LogP contribution in [-0.2, 0) is 0 Å². The summed E-state index contributed by atoms with van der Waals surface area (Å²) in [6, 6.07) is 4.64. The molecule has 1 unspecified atom stereocenters. The van der Waals surface area contributed by atoms with E-state index in [0.717, 1.165) is 37.8 Å². The number of hydrogen-bond acceptors (Lipinski definition) is 2. The van der Waals surface area contributed by atoms with E-state index >= 15 is 0 Å². The quantitative estimate of drug-likeness (QED) is 0.884. The van der Waals surface area contributed by atoms with Crippen LogP contribution in [0.5, 0.6) is 0 Å². The number of hydrogen-bond donors (Lipinski definition) is 2. The van der Waals surface area contributed by atoms with Crippen molar-refractivity contribution in [3.05, 3.63) is 34.6 Å². The van der Waals surface area contributed by atoms with E-state index in [-0.39, 0.29) is 18.0 Å². The van der Waals surface area contributed by atoms with Crippen LogP contribution in [0.15, 0.2) is 18.2 Å². The van der Waals surface area contributed by atoms with E-state index in [1.807, 2.05) is 6.92 Å². The zero-order chi connectivity index (χ0) is 13.8. The maximum atomic E-state index is 13.0. The third-order valence-electron chi connectivity index (χ3n) is 3.96.